The third kappa shape index (κ3) is 2.90. The van der Waals surface area contributed by atoms with Gasteiger partial charge in [-0.1, -0.05) is 5.21 Å². The van der Waals surface area contributed by atoms with Crippen LogP contribution in [0.5, 0.6) is 0 Å². The number of nitrogens with one attached hydrogen (secondary N) is 1. The maximum absolute atomic E-state index is 13.0. The van der Waals surface area contributed by atoms with Gasteiger partial charge in [0.2, 0.25) is 0 Å². The molecule has 5 aliphatic rings. The maximum Gasteiger partial charge on any atom is 0.317 e. The summed E-state index contributed by atoms with van der Waals surface area (Å²) in [6, 6.07) is 0.349. The highest BCUT2D eigenvalue weighted by atomic mass is 16.5. The van der Waals surface area contributed by atoms with Crippen LogP contribution in [0, 0.1) is 17.8 Å². The monoisotopic (exact) mass is 359 g/mol. The number of rotatable bonds is 4. The van der Waals surface area contributed by atoms with E-state index in [4.69, 9.17) is 4.74 Å². The van der Waals surface area contributed by atoms with Crippen molar-refractivity contribution >= 4 is 6.03 Å². The van der Waals surface area contributed by atoms with Gasteiger partial charge in [0.1, 0.15) is 5.69 Å². The fourth-order valence-corrected chi connectivity index (χ4v) is 6.42. The molecule has 1 saturated heterocycles. The lowest BCUT2D eigenvalue weighted by Crippen LogP contribution is -2.61. The minimum absolute atomic E-state index is 0.0861. The average molecular weight is 359 g/mol. The van der Waals surface area contributed by atoms with E-state index in [2.05, 4.69) is 15.6 Å². The quantitative estimate of drug-likeness (QED) is 0.896. The fourth-order valence-electron chi connectivity index (χ4n) is 6.42. The van der Waals surface area contributed by atoms with Crippen LogP contribution in [-0.4, -0.2) is 51.7 Å². The molecule has 7 nitrogen and oxygen atoms in total. The molecule has 142 valence electrons. The summed E-state index contributed by atoms with van der Waals surface area (Å²) in [5.74, 6) is 2.55. The summed E-state index contributed by atoms with van der Waals surface area (Å²) in [5.41, 5.74) is 0.923. The van der Waals surface area contributed by atoms with Gasteiger partial charge in [-0.05, 0) is 62.7 Å². The van der Waals surface area contributed by atoms with E-state index < -0.39 is 0 Å². The normalized spacial score (nSPS) is 38.1. The minimum Gasteiger partial charge on any atom is -0.378 e. The van der Waals surface area contributed by atoms with Crippen LogP contribution >= 0.6 is 0 Å². The van der Waals surface area contributed by atoms with Crippen LogP contribution in [-0.2, 0) is 11.3 Å². The van der Waals surface area contributed by atoms with Crippen molar-refractivity contribution in [1.29, 1.82) is 0 Å². The smallest absolute Gasteiger partial charge is 0.317 e. The zero-order chi connectivity index (χ0) is 17.7. The molecule has 1 atom stereocenters. The molecule has 0 aromatic carbocycles. The summed E-state index contributed by atoms with van der Waals surface area (Å²) in [6.45, 7) is 1.99. The Morgan fingerprint density at radius 2 is 1.96 bits per heavy atom. The Morgan fingerprint density at radius 3 is 2.62 bits per heavy atom. The molecule has 0 radical (unpaired) electrons. The Kier molecular flexibility index (Phi) is 3.95. The molecule has 1 aromatic heterocycles. The van der Waals surface area contributed by atoms with E-state index >= 15 is 0 Å². The molecule has 26 heavy (non-hydrogen) atoms. The van der Waals surface area contributed by atoms with Crippen molar-refractivity contribution in [2.45, 2.75) is 63.1 Å². The second-order valence-corrected chi connectivity index (χ2v) is 9.14. The molecule has 1 aliphatic heterocycles. The van der Waals surface area contributed by atoms with E-state index in [1.165, 1.54) is 38.5 Å². The summed E-state index contributed by atoms with van der Waals surface area (Å²) in [5, 5.41) is 11.8. The molecular formula is C19H29N5O2. The van der Waals surface area contributed by atoms with Crippen LogP contribution in [0.4, 0.5) is 4.79 Å². The Morgan fingerprint density at radius 1 is 1.27 bits per heavy atom. The first kappa shape index (κ1) is 16.5. The first-order chi connectivity index (χ1) is 12.6. The molecule has 7 heteroatoms. The molecule has 0 spiro atoms. The molecule has 4 saturated carbocycles. The van der Waals surface area contributed by atoms with E-state index in [1.54, 1.807) is 7.11 Å². The van der Waals surface area contributed by atoms with Crippen molar-refractivity contribution in [3.05, 3.63) is 11.9 Å². The van der Waals surface area contributed by atoms with Crippen molar-refractivity contribution in [3.63, 3.8) is 0 Å². The van der Waals surface area contributed by atoms with Crippen LogP contribution in [0.25, 0.3) is 0 Å². The molecule has 1 N–H and O–H groups in total. The van der Waals surface area contributed by atoms with Crippen molar-refractivity contribution in [2.75, 3.05) is 20.2 Å². The van der Waals surface area contributed by atoms with Crippen LogP contribution in [0.2, 0.25) is 0 Å². The third-order valence-corrected chi connectivity index (χ3v) is 7.09. The predicted molar refractivity (Wildman–Crippen MR) is 95.4 cm³/mol. The van der Waals surface area contributed by atoms with E-state index in [0.29, 0.717) is 13.2 Å². The lowest BCUT2D eigenvalue weighted by molar-refractivity contribution is -0.0153. The van der Waals surface area contributed by atoms with E-state index in [-0.39, 0.29) is 17.6 Å². The number of hydrogen-bond donors (Lipinski definition) is 1. The van der Waals surface area contributed by atoms with Crippen LogP contribution < -0.4 is 5.32 Å². The van der Waals surface area contributed by atoms with Crippen LogP contribution in [0.3, 0.4) is 0 Å². The van der Waals surface area contributed by atoms with Crippen LogP contribution in [0.15, 0.2) is 6.20 Å². The number of ether oxygens (including phenoxy) is 1. The number of nitrogens with zero attached hydrogens (tertiary/aromatic N) is 4. The zero-order valence-electron chi connectivity index (χ0n) is 15.6. The Bertz CT molecular complexity index is 652. The molecule has 1 aromatic rings. The van der Waals surface area contributed by atoms with Crippen molar-refractivity contribution < 1.29 is 9.53 Å². The van der Waals surface area contributed by atoms with Crippen molar-refractivity contribution in [1.82, 2.24) is 25.2 Å². The maximum atomic E-state index is 13.0. The number of hydrogen-bond acceptors (Lipinski definition) is 4. The minimum atomic E-state index is 0.0861. The number of methoxy groups -OCH3 is 1. The van der Waals surface area contributed by atoms with Crippen molar-refractivity contribution in [2.24, 2.45) is 17.8 Å². The molecule has 4 aliphatic carbocycles. The topological polar surface area (TPSA) is 72.3 Å². The summed E-state index contributed by atoms with van der Waals surface area (Å²) in [4.78, 5) is 14.9. The number of carbonyl (C=O) groups is 1. The van der Waals surface area contributed by atoms with Gasteiger partial charge in [-0.2, -0.15) is 0 Å². The zero-order valence-corrected chi connectivity index (χ0v) is 15.6. The van der Waals surface area contributed by atoms with Crippen molar-refractivity contribution in [3.8, 4) is 0 Å². The number of urea groups is 1. The third-order valence-electron chi connectivity index (χ3n) is 7.09. The van der Waals surface area contributed by atoms with Gasteiger partial charge in [-0.25, -0.2) is 9.48 Å². The van der Waals surface area contributed by atoms with Gasteiger partial charge in [0.15, 0.2) is 0 Å². The second-order valence-electron chi connectivity index (χ2n) is 9.14. The highest BCUT2D eigenvalue weighted by Gasteiger charge is 2.52. The Labute approximate surface area is 154 Å². The van der Waals surface area contributed by atoms with Gasteiger partial charge in [0.05, 0.1) is 18.8 Å². The number of carbonyl (C=O) groups excluding carboxylic acids is 1. The van der Waals surface area contributed by atoms with Gasteiger partial charge in [-0.3, -0.25) is 0 Å². The Balaban J connectivity index is 1.21. The SMILES string of the molecule is COCc1cn(C2CCN(C(=O)NC34CC5CC(CC(C5)C3)C4)C2)nn1. The van der Waals surface area contributed by atoms with Gasteiger partial charge in [-0.15, -0.1) is 5.10 Å². The van der Waals surface area contributed by atoms with Gasteiger partial charge in [0, 0.05) is 25.7 Å². The molecule has 5 fully saturated rings. The highest BCUT2D eigenvalue weighted by Crippen LogP contribution is 2.55. The van der Waals surface area contributed by atoms with Crippen LogP contribution in [0.1, 0.15) is 56.7 Å². The van der Waals surface area contributed by atoms with E-state index in [9.17, 15) is 4.79 Å². The van der Waals surface area contributed by atoms with Gasteiger partial charge in [0.25, 0.3) is 0 Å². The Hall–Kier alpha value is -1.63. The lowest BCUT2D eigenvalue weighted by atomic mass is 9.53. The summed E-state index contributed by atoms with van der Waals surface area (Å²) >= 11 is 0. The average Bonchev–Trinajstić information content (AvgIpc) is 3.22. The molecule has 2 amide bonds. The standard InChI is InChI=1S/C19H29N5O2/c1-26-12-16-10-24(22-21-16)17-2-3-23(11-17)18(25)20-19-7-13-4-14(8-19)6-15(5-13)9-19/h10,13-15,17H,2-9,11-12H2,1H3,(H,20,25). The fraction of sp³-hybridized carbons (Fsp3) is 0.842. The van der Waals surface area contributed by atoms with Gasteiger partial charge >= 0.3 is 6.03 Å². The molecule has 6 rings (SSSR count). The number of aromatic nitrogens is 3. The highest BCUT2D eigenvalue weighted by molar-refractivity contribution is 5.75. The number of amides is 2. The van der Waals surface area contributed by atoms with E-state index in [0.717, 1.165) is 36.4 Å². The largest absolute Gasteiger partial charge is 0.378 e. The van der Waals surface area contributed by atoms with Gasteiger partial charge < -0.3 is 15.0 Å². The summed E-state index contributed by atoms with van der Waals surface area (Å²) in [6.07, 6.45) is 10.7. The first-order valence-electron chi connectivity index (χ1n) is 10.1. The summed E-state index contributed by atoms with van der Waals surface area (Å²) in [7, 11) is 1.66. The molecule has 4 bridgehead atoms. The molecule has 1 unspecified atom stereocenters. The van der Waals surface area contributed by atoms with E-state index in [1.807, 2.05) is 15.8 Å². The molecule has 2 heterocycles. The first-order valence-corrected chi connectivity index (χ1v) is 10.1. The number of likely N-dealkylation sites (tertiary alicyclic amines) is 1. The second kappa shape index (κ2) is 6.22. The summed E-state index contributed by atoms with van der Waals surface area (Å²) < 4.78 is 7.00. The predicted octanol–water partition coefficient (Wildman–Crippen LogP) is 2.35. The molecular weight excluding hydrogens is 330 g/mol. The lowest BCUT2D eigenvalue weighted by Gasteiger charge is -2.57.